The van der Waals surface area contributed by atoms with Crippen LogP contribution in [0.4, 0.5) is 0 Å². The molecule has 132 valence electrons. The lowest BCUT2D eigenvalue weighted by Crippen LogP contribution is -2.45. The molecule has 0 radical (unpaired) electrons. The third kappa shape index (κ3) is 2.41. The smallest absolute Gasteiger partial charge is 0.311 e. The van der Waals surface area contributed by atoms with Crippen LogP contribution in [0.5, 0.6) is 0 Å². The van der Waals surface area contributed by atoms with Gasteiger partial charge in [-0.05, 0) is 25.5 Å². The summed E-state index contributed by atoms with van der Waals surface area (Å²) in [6, 6.07) is 7.23. The quantitative estimate of drug-likeness (QED) is 0.914. The van der Waals surface area contributed by atoms with Crippen molar-refractivity contribution in [2.45, 2.75) is 19.4 Å². The first-order valence-electron chi connectivity index (χ1n) is 8.54. The zero-order valence-corrected chi connectivity index (χ0v) is 14.1. The average Bonchev–Trinajstić information content (AvgIpc) is 3.22. The van der Waals surface area contributed by atoms with E-state index in [1.165, 1.54) is 0 Å². The topological polar surface area (TPSA) is 84.7 Å². The lowest BCUT2D eigenvalue weighted by molar-refractivity contribution is -0.157. The van der Waals surface area contributed by atoms with Crippen molar-refractivity contribution in [1.82, 2.24) is 14.5 Å². The molecule has 0 bridgehead atoms. The number of rotatable bonds is 3. The van der Waals surface area contributed by atoms with Gasteiger partial charge in [-0.3, -0.25) is 9.59 Å². The fourth-order valence-corrected chi connectivity index (χ4v) is 4.14. The molecule has 1 aromatic heterocycles. The number of carboxylic acid groups (broad SMARTS) is 1. The van der Waals surface area contributed by atoms with E-state index in [1.807, 2.05) is 35.8 Å². The first-order valence-corrected chi connectivity index (χ1v) is 8.54. The summed E-state index contributed by atoms with van der Waals surface area (Å²) < 4.78 is 7.31. The Bertz CT molecular complexity index is 833. The molecule has 2 aliphatic rings. The van der Waals surface area contributed by atoms with Crippen LogP contribution in [0, 0.1) is 11.3 Å². The molecular formula is C18H21N3O4. The minimum absolute atomic E-state index is 0.0711. The van der Waals surface area contributed by atoms with E-state index in [0.29, 0.717) is 26.2 Å². The molecule has 2 fully saturated rings. The predicted molar refractivity (Wildman–Crippen MR) is 90.0 cm³/mol. The number of fused-ring (bicyclic) bond motifs is 2. The van der Waals surface area contributed by atoms with Crippen molar-refractivity contribution < 1.29 is 19.4 Å². The van der Waals surface area contributed by atoms with E-state index in [4.69, 9.17) is 4.74 Å². The van der Waals surface area contributed by atoms with Gasteiger partial charge >= 0.3 is 5.97 Å². The van der Waals surface area contributed by atoms with Crippen molar-refractivity contribution in [2.24, 2.45) is 11.3 Å². The summed E-state index contributed by atoms with van der Waals surface area (Å²) in [4.78, 5) is 31.0. The Morgan fingerprint density at radius 1 is 1.40 bits per heavy atom. The van der Waals surface area contributed by atoms with Crippen molar-refractivity contribution in [2.75, 3.05) is 26.3 Å². The van der Waals surface area contributed by atoms with Gasteiger partial charge in [0.1, 0.15) is 6.04 Å². The van der Waals surface area contributed by atoms with Crippen LogP contribution in [0.1, 0.15) is 19.4 Å². The summed E-state index contributed by atoms with van der Waals surface area (Å²) in [7, 11) is 0. The van der Waals surface area contributed by atoms with Crippen LogP contribution < -0.4 is 0 Å². The van der Waals surface area contributed by atoms with Gasteiger partial charge in [-0.15, -0.1) is 0 Å². The summed E-state index contributed by atoms with van der Waals surface area (Å²) in [5, 5.41) is 9.75. The average molecular weight is 343 g/mol. The largest absolute Gasteiger partial charge is 0.481 e. The number of imidazole rings is 1. The van der Waals surface area contributed by atoms with Crippen molar-refractivity contribution in [3.63, 3.8) is 0 Å². The van der Waals surface area contributed by atoms with Gasteiger partial charge in [0.25, 0.3) is 0 Å². The molecular weight excluding hydrogens is 322 g/mol. The molecule has 25 heavy (non-hydrogen) atoms. The molecule has 7 heteroatoms. The first-order chi connectivity index (χ1) is 12.0. The number of amides is 1. The summed E-state index contributed by atoms with van der Waals surface area (Å²) in [6.45, 7) is 3.36. The number of para-hydroxylation sites is 2. The molecule has 0 saturated carbocycles. The standard InChI is InChI=1S/C18H21N3O4/c1-12(21-11-19-14-4-2-3-5-15(14)21)16(22)20-8-13-9-25-7-6-18(13,10-20)17(23)24/h2-5,11-13H,6-10H2,1H3,(H,23,24)/t12?,13-,18+/m0/s1. The zero-order chi connectivity index (χ0) is 17.6. The van der Waals surface area contributed by atoms with Crippen molar-refractivity contribution in [1.29, 1.82) is 0 Å². The second-order valence-corrected chi connectivity index (χ2v) is 7.02. The summed E-state index contributed by atoms with van der Waals surface area (Å²) >= 11 is 0. The van der Waals surface area contributed by atoms with E-state index < -0.39 is 17.4 Å². The van der Waals surface area contributed by atoms with E-state index >= 15 is 0 Å². The number of aromatic nitrogens is 2. The van der Waals surface area contributed by atoms with Crippen molar-refractivity contribution in [3.8, 4) is 0 Å². The lowest BCUT2D eigenvalue weighted by atomic mass is 9.74. The Labute approximate surface area is 145 Å². The fraction of sp³-hybridized carbons (Fsp3) is 0.500. The van der Waals surface area contributed by atoms with Crippen LogP contribution in [0.25, 0.3) is 11.0 Å². The van der Waals surface area contributed by atoms with Gasteiger partial charge in [0.2, 0.25) is 5.91 Å². The maximum absolute atomic E-state index is 13.0. The number of likely N-dealkylation sites (tertiary alicyclic amines) is 1. The second-order valence-electron chi connectivity index (χ2n) is 7.02. The van der Waals surface area contributed by atoms with Gasteiger partial charge in [0.05, 0.1) is 29.4 Å². The molecule has 2 saturated heterocycles. The number of carboxylic acids is 1. The number of carbonyl (C=O) groups excluding carboxylic acids is 1. The van der Waals surface area contributed by atoms with Gasteiger partial charge in [-0.1, -0.05) is 12.1 Å². The summed E-state index contributed by atoms with van der Waals surface area (Å²) in [5.41, 5.74) is 0.869. The van der Waals surface area contributed by atoms with Crippen LogP contribution >= 0.6 is 0 Å². The van der Waals surface area contributed by atoms with Gasteiger partial charge in [0, 0.05) is 25.6 Å². The van der Waals surface area contributed by atoms with Crippen LogP contribution in [0.2, 0.25) is 0 Å². The molecule has 1 amide bonds. The molecule has 7 nitrogen and oxygen atoms in total. The van der Waals surface area contributed by atoms with Crippen LogP contribution in [-0.4, -0.2) is 57.7 Å². The zero-order valence-electron chi connectivity index (χ0n) is 14.1. The highest BCUT2D eigenvalue weighted by atomic mass is 16.5. The van der Waals surface area contributed by atoms with Crippen LogP contribution in [0.15, 0.2) is 30.6 Å². The molecule has 4 rings (SSSR count). The number of hydrogen-bond acceptors (Lipinski definition) is 4. The number of carbonyl (C=O) groups is 2. The Morgan fingerprint density at radius 3 is 2.96 bits per heavy atom. The van der Waals surface area contributed by atoms with Gasteiger partial charge in [0.15, 0.2) is 0 Å². The van der Waals surface area contributed by atoms with Crippen molar-refractivity contribution >= 4 is 22.9 Å². The number of ether oxygens (including phenoxy) is 1. The normalized spacial score (nSPS) is 27.2. The molecule has 1 aromatic carbocycles. The SMILES string of the molecule is CC(C(=O)N1C[C@H]2COCC[C@@]2(C(=O)O)C1)n1cnc2ccccc21. The molecule has 1 N–H and O–H groups in total. The highest BCUT2D eigenvalue weighted by molar-refractivity contribution is 5.85. The van der Waals surface area contributed by atoms with Crippen molar-refractivity contribution in [3.05, 3.63) is 30.6 Å². The molecule has 3 atom stereocenters. The summed E-state index contributed by atoms with van der Waals surface area (Å²) in [6.07, 6.45) is 2.13. The predicted octanol–water partition coefficient (Wildman–Crippen LogP) is 1.55. The highest BCUT2D eigenvalue weighted by Crippen LogP contribution is 2.43. The molecule has 0 aliphatic carbocycles. The Balaban J connectivity index is 1.60. The number of benzene rings is 1. The second kappa shape index (κ2) is 5.84. The number of aliphatic carboxylic acids is 1. The Hall–Kier alpha value is -2.41. The first kappa shape index (κ1) is 16.1. The van der Waals surface area contributed by atoms with E-state index in [1.54, 1.807) is 11.2 Å². The van der Waals surface area contributed by atoms with Gasteiger partial charge < -0.3 is 19.3 Å². The highest BCUT2D eigenvalue weighted by Gasteiger charge is 2.55. The molecule has 0 spiro atoms. The summed E-state index contributed by atoms with van der Waals surface area (Å²) in [5.74, 6) is -1.04. The fourth-order valence-electron chi connectivity index (χ4n) is 4.14. The van der Waals surface area contributed by atoms with Crippen LogP contribution in [0.3, 0.4) is 0 Å². The maximum Gasteiger partial charge on any atom is 0.311 e. The van der Waals surface area contributed by atoms with Gasteiger partial charge in [-0.2, -0.15) is 0 Å². The maximum atomic E-state index is 13.0. The minimum atomic E-state index is -0.870. The van der Waals surface area contributed by atoms with E-state index in [0.717, 1.165) is 11.0 Å². The van der Waals surface area contributed by atoms with E-state index in [-0.39, 0.29) is 18.4 Å². The monoisotopic (exact) mass is 343 g/mol. The number of nitrogens with zero attached hydrogens (tertiary/aromatic N) is 3. The third-order valence-electron chi connectivity index (χ3n) is 5.70. The molecule has 2 aromatic rings. The van der Waals surface area contributed by atoms with Gasteiger partial charge in [-0.25, -0.2) is 4.98 Å². The Morgan fingerprint density at radius 2 is 2.20 bits per heavy atom. The number of hydrogen-bond donors (Lipinski definition) is 1. The molecule has 2 aliphatic heterocycles. The third-order valence-corrected chi connectivity index (χ3v) is 5.70. The van der Waals surface area contributed by atoms with E-state index in [9.17, 15) is 14.7 Å². The van der Waals surface area contributed by atoms with E-state index in [2.05, 4.69) is 4.98 Å². The lowest BCUT2D eigenvalue weighted by Gasteiger charge is -2.33. The van der Waals surface area contributed by atoms with Crippen LogP contribution in [-0.2, 0) is 14.3 Å². The Kier molecular flexibility index (Phi) is 3.76. The molecule has 1 unspecified atom stereocenters. The molecule has 3 heterocycles. The minimum Gasteiger partial charge on any atom is -0.481 e.